The Bertz CT molecular complexity index is 1350. The molecule has 160 valence electrons. The van der Waals surface area contributed by atoms with E-state index < -0.39 is 0 Å². The van der Waals surface area contributed by atoms with Gasteiger partial charge >= 0.3 is 0 Å². The van der Waals surface area contributed by atoms with Crippen LogP contribution in [0.2, 0.25) is 0 Å². The van der Waals surface area contributed by atoms with Crippen LogP contribution in [0.25, 0.3) is 21.9 Å². The van der Waals surface area contributed by atoms with Crippen molar-refractivity contribution in [1.82, 2.24) is 20.1 Å². The topological polar surface area (TPSA) is 79.0 Å². The Morgan fingerprint density at radius 3 is 2.56 bits per heavy atom. The van der Waals surface area contributed by atoms with Gasteiger partial charge in [0, 0.05) is 35.8 Å². The van der Waals surface area contributed by atoms with Crippen molar-refractivity contribution in [2.24, 2.45) is 0 Å². The lowest BCUT2D eigenvalue weighted by Gasteiger charge is -2.32. The zero-order valence-electron chi connectivity index (χ0n) is 17.9. The molecule has 1 fully saturated rings. The highest BCUT2D eigenvalue weighted by Gasteiger charge is 2.28. The fraction of sp³-hybridized carbons (Fsp3) is 0.231. The number of H-pyrrole nitrogens is 1. The van der Waals surface area contributed by atoms with Gasteiger partial charge in [-0.25, -0.2) is 5.10 Å². The minimum Gasteiger partial charge on any atom is -0.337 e. The summed E-state index contributed by atoms with van der Waals surface area (Å²) >= 11 is 0. The number of pyridine rings is 1. The molecule has 0 radical (unpaired) electrons. The van der Waals surface area contributed by atoms with Crippen molar-refractivity contribution < 1.29 is 4.79 Å². The van der Waals surface area contributed by atoms with Gasteiger partial charge in [0.2, 0.25) is 0 Å². The zero-order chi connectivity index (χ0) is 22.1. The first-order valence-corrected chi connectivity index (χ1v) is 10.9. The molecule has 1 atom stereocenters. The number of carbonyl (C=O) groups is 1. The van der Waals surface area contributed by atoms with Crippen molar-refractivity contribution in [2.75, 3.05) is 13.1 Å². The molecule has 6 nitrogen and oxygen atoms in total. The molecule has 0 unspecified atom stereocenters. The second-order valence-corrected chi connectivity index (χ2v) is 8.33. The number of hydrogen-bond donors (Lipinski definition) is 1. The van der Waals surface area contributed by atoms with Crippen LogP contribution in [0.4, 0.5) is 0 Å². The van der Waals surface area contributed by atoms with E-state index in [0.717, 1.165) is 35.4 Å². The molecule has 1 aliphatic heterocycles. The van der Waals surface area contributed by atoms with Gasteiger partial charge in [-0.1, -0.05) is 48.5 Å². The molecule has 2 aromatic carbocycles. The number of benzene rings is 2. The molecule has 5 rings (SSSR count). The van der Waals surface area contributed by atoms with E-state index in [-0.39, 0.29) is 17.4 Å². The minimum atomic E-state index is -0.286. The largest absolute Gasteiger partial charge is 0.337 e. The number of fused-ring (bicyclic) bond motifs is 1. The smallest absolute Gasteiger partial charge is 0.274 e. The molecular weight excluding hydrogens is 400 g/mol. The van der Waals surface area contributed by atoms with E-state index in [1.54, 1.807) is 18.2 Å². The third-order valence-electron chi connectivity index (χ3n) is 6.11. The van der Waals surface area contributed by atoms with Crippen molar-refractivity contribution in [3.05, 3.63) is 94.2 Å². The highest BCUT2D eigenvalue weighted by atomic mass is 16.2. The fourth-order valence-electron chi connectivity index (χ4n) is 4.53. The van der Waals surface area contributed by atoms with Crippen LogP contribution in [0, 0.1) is 6.92 Å². The highest BCUT2D eigenvalue weighted by molar-refractivity contribution is 6.04. The monoisotopic (exact) mass is 424 g/mol. The predicted octanol–water partition coefficient (Wildman–Crippen LogP) is 4.31. The lowest BCUT2D eigenvalue weighted by atomic mass is 9.92. The first kappa shape index (κ1) is 20.1. The van der Waals surface area contributed by atoms with Gasteiger partial charge in [-0.05, 0) is 49.1 Å². The molecule has 0 aliphatic carbocycles. The van der Waals surface area contributed by atoms with E-state index in [4.69, 9.17) is 4.98 Å². The summed E-state index contributed by atoms with van der Waals surface area (Å²) in [5, 5.41) is 7.64. The van der Waals surface area contributed by atoms with E-state index in [0.29, 0.717) is 29.6 Å². The molecular formula is C26H24N4O2. The van der Waals surface area contributed by atoms with Gasteiger partial charge in [0.1, 0.15) is 0 Å². The van der Waals surface area contributed by atoms with E-state index in [2.05, 4.69) is 34.5 Å². The maximum absolute atomic E-state index is 13.4. The van der Waals surface area contributed by atoms with Gasteiger partial charge in [-0.2, -0.15) is 5.10 Å². The van der Waals surface area contributed by atoms with Crippen molar-refractivity contribution in [3.63, 3.8) is 0 Å². The summed E-state index contributed by atoms with van der Waals surface area (Å²) in [4.78, 5) is 32.1. The number of aromatic amines is 1. The third-order valence-corrected chi connectivity index (χ3v) is 6.11. The number of likely N-dealkylation sites (tertiary alicyclic amines) is 1. The van der Waals surface area contributed by atoms with Gasteiger partial charge in [-0.15, -0.1) is 0 Å². The summed E-state index contributed by atoms with van der Waals surface area (Å²) in [6.07, 6.45) is 1.88. The number of nitrogens with zero attached hydrogens (tertiary/aromatic N) is 3. The van der Waals surface area contributed by atoms with Crippen LogP contribution >= 0.6 is 0 Å². The number of aromatic nitrogens is 3. The number of aryl methyl sites for hydroxylation is 1. The van der Waals surface area contributed by atoms with Gasteiger partial charge in [0.25, 0.3) is 11.5 Å². The van der Waals surface area contributed by atoms with E-state index in [9.17, 15) is 9.59 Å². The van der Waals surface area contributed by atoms with E-state index in [1.165, 1.54) is 0 Å². The normalized spacial score (nSPS) is 16.3. The maximum atomic E-state index is 13.4. The summed E-state index contributed by atoms with van der Waals surface area (Å²) in [5.74, 6) is 0.00201. The molecule has 0 spiro atoms. The van der Waals surface area contributed by atoms with Crippen LogP contribution < -0.4 is 5.56 Å². The summed E-state index contributed by atoms with van der Waals surface area (Å²) in [6.45, 7) is 3.26. The minimum absolute atomic E-state index is 0.155. The number of piperidine rings is 1. The van der Waals surface area contributed by atoms with Gasteiger partial charge in [-0.3, -0.25) is 14.6 Å². The van der Waals surface area contributed by atoms with Gasteiger partial charge in [0.15, 0.2) is 5.69 Å². The van der Waals surface area contributed by atoms with Crippen LogP contribution in [-0.4, -0.2) is 39.1 Å². The standard InChI is InChI=1S/C26H24N4O2/c1-17-14-20(18-8-3-2-4-9-18)15-23(27-17)19-10-7-13-30(16-19)26(32)24-21-11-5-6-12-22(21)25(31)29-28-24/h2-6,8-9,11-12,14-15,19H,7,10,13,16H2,1H3,(H,29,31)/t19-/m1/s1. The second-order valence-electron chi connectivity index (χ2n) is 8.33. The van der Waals surface area contributed by atoms with Crippen LogP contribution in [0.1, 0.15) is 40.6 Å². The molecule has 4 aromatic rings. The summed E-state index contributed by atoms with van der Waals surface area (Å²) < 4.78 is 0. The molecule has 1 saturated heterocycles. The third kappa shape index (κ3) is 3.80. The molecule has 3 heterocycles. The van der Waals surface area contributed by atoms with Crippen molar-refractivity contribution in [1.29, 1.82) is 0 Å². The molecule has 1 aliphatic rings. The van der Waals surface area contributed by atoms with Crippen LogP contribution in [0.5, 0.6) is 0 Å². The lowest BCUT2D eigenvalue weighted by Crippen LogP contribution is -2.40. The number of rotatable bonds is 3. The van der Waals surface area contributed by atoms with Crippen LogP contribution in [0.3, 0.4) is 0 Å². The molecule has 6 heteroatoms. The number of hydrogen-bond acceptors (Lipinski definition) is 4. The molecule has 1 N–H and O–H groups in total. The second kappa shape index (κ2) is 8.38. The molecule has 0 saturated carbocycles. The summed E-state index contributed by atoms with van der Waals surface area (Å²) in [6, 6.07) is 21.6. The zero-order valence-corrected chi connectivity index (χ0v) is 17.9. The van der Waals surface area contributed by atoms with Gasteiger partial charge < -0.3 is 4.90 Å². The molecule has 2 aromatic heterocycles. The Labute approximate surface area is 185 Å². The average Bonchev–Trinajstić information content (AvgIpc) is 2.84. The van der Waals surface area contributed by atoms with Crippen molar-refractivity contribution in [3.8, 4) is 11.1 Å². The quantitative estimate of drug-likeness (QED) is 0.531. The first-order valence-electron chi connectivity index (χ1n) is 10.9. The summed E-state index contributed by atoms with van der Waals surface area (Å²) in [5.41, 5.74) is 4.30. The highest BCUT2D eigenvalue weighted by Crippen LogP contribution is 2.30. The number of amides is 1. The van der Waals surface area contributed by atoms with Crippen molar-refractivity contribution in [2.45, 2.75) is 25.7 Å². The Kier molecular flexibility index (Phi) is 5.27. The van der Waals surface area contributed by atoms with Crippen molar-refractivity contribution >= 4 is 16.7 Å². The SMILES string of the molecule is Cc1cc(-c2ccccc2)cc([C@@H]2CCCN(C(=O)c3n[nH]c(=O)c4ccccc34)C2)n1. The Balaban J connectivity index is 1.45. The Morgan fingerprint density at radius 2 is 1.75 bits per heavy atom. The average molecular weight is 425 g/mol. The predicted molar refractivity (Wildman–Crippen MR) is 125 cm³/mol. The first-order chi connectivity index (χ1) is 15.6. The maximum Gasteiger partial charge on any atom is 0.274 e. The van der Waals surface area contributed by atoms with E-state index in [1.807, 2.05) is 36.1 Å². The summed E-state index contributed by atoms with van der Waals surface area (Å²) in [7, 11) is 0. The van der Waals surface area contributed by atoms with Gasteiger partial charge in [0.05, 0.1) is 5.39 Å². The van der Waals surface area contributed by atoms with Crippen LogP contribution in [-0.2, 0) is 0 Å². The molecule has 32 heavy (non-hydrogen) atoms. The fourth-order valence-corrected chi connectivity index (χ4v) is 4.53. The Hall–Kier alpha value is -3.80. The van der Waals surface area contributed by atoms with E-state index >= 15 is 0 Å². The lowest BCUT2D eigenvalue weighted by molar-refractivity contribution is 0.0701. The molecule has 0 bridgehead atoms. The number of carbonyl (C=O) groups excluding carboxylic acids is 1. The number of nitrogens with one attached hydrogen (secondary N) is 1. The Morgan fingerprint density at radius 1 is 1.00 bits per heavy atom. The molecule has 1 amide bonds. The van der Waals surface area contributed by atoms with Crippen LogP contribution in [0.15, 0.2) is 71.5 Å².